The van der Waals surface area contributed by atoms with E-state index in [0.717, 1.165) is 17.9 Å². The summed E-state index contributed by atoms with van der Waals surface area (Å²) in [6.07, 6.45) is 5.32. The molecule has 1 aromatic heterocycles. The van der Waals surface area contributed by atoms with Crippen molar-refractivity contribution in [3.8, 4) is 0 Å². The van der Waals surface area contributed by atoms with Crippen LogP contribution in [0.3, 0.4) is 0 Å². The largest absolute Gasteiger partial charge is 0.311 e. The molecule has 0 aromatic carbocycles. The molecular formula is C16H27NS. The number of thiophene rings is 1. The van der Waals surface area contributed by atoms with Gasteiger partial charge in [-0.25, -0.2) is 0 Å². The van der Waals surface area contributed by atoms with Gasteiger partial charge in [0, 0.05) is 21.8 Å². The van der Waals surface area contributed by atoms with Crippen molar-refractivity contribution in [1.29, 1.82) is 0 Å². The Labute approximate surface area is 116 Å². The van der Waals surface area contributed by atoms with Crippen LogP contribution in [0.25, 0.3) is 0 Å². The molecule has 102 valence electrons. The summed E-state index contributed by atoms with van der Waals surface area (Å²) >= 11 is 1.94. The first kappa shape index (κ1) is 14.1. The Morgan fingerprint density at radius 2 is 2.11 bits per heavy atom. The molecule has 1 aliphatic carbocycles. The first-order valence-electron chi connectivity index (χ1n) is 7.36. The van der Waals surface area contributed by atoms with Crippen LogP contribution in [0.4, 0.5) is 0 Å². The van der Waals surface area contributed by atoms with Crippen molar-refractivity contribution in [3.63, 3.8) is 0 Å². The van der Waals surface area contributed by atoms with Crippen LogP contribution in [-0.2, 0) is 6.42 Å². The number of nitrogens with one attached hydrogen (secondary N) is 1. The number of aryl methyl sites for hydroxylation is 1. The summed E-state index contributed by atoms with van der Waals surface area (Å²) in [6.45, 7) is 9.33. The highest BCUT2D eigenvalue weighted by atomic mass is 32.1. The average molecular weight is 265 g/mol. The highest BCUT2D eigenvalue weighted by Crippen LogP contribution is 2.29. The van der Waals surface area contributed by atoms with E-state index < -0.39 is 0 Å². The molecule has 0 radical (unpaired) electrons. The van der Waals surface area contributed by atoms with E-state index in [1.807, 2.05) is 11.3 Å². The van der Waals surface area contributed by atoms with Gasteiger partial charge < -0.3 is 5.32 Å². The third-order valence-electron chi connectivity index (χ3n) is 4.23. The minimum atomic E-state index is 0.601. The van der Waals surface area contributed by atoms with Gasteiger partial charge in [0.05, 0.1) is 0 Å². The predicted octanol–water partition coefficient (Wildman–Crippen LogP) is 4.40. The van der Waals surface area contributed by atoms with Gasteiger partial charge in [-0.05, 0) is 63.5 Å². The van der Waals surface area contributed by atoms with Gasteiger partial charge in [0.1, 0.15) is 0 Å². The summed E-state index contributed by atoms with van der Waals surface area (Å²) < 4.78 is 0. The van der Waals surface area contributed by atoms with Gasteiger partial charge in [0.15, 0.2) is 0 Å². The lowest BCUT2D eigenvalue weighted by Gasteiger charge is -2.35. The Morgan fingerprint density at radius 1 is 1.33 bits per heavy atom. The van der Waals surface area contributed by atoms with Crippen LogP contribution in [0.1, 0.15) is 49.8 Å². The maximum Gasteiger partial charge on any atom is 0.00955 e. The van der Waals surface area contributed by atoms with Gasteiger partial charge in [-0.1, -0.05) is 13.8 Å². The Kier molecular flexibility index (Phi) is 4.85. The van der Waals surface area contributed by atoms with E-state index in [1.165, 1.54) is 35.4 Å². The molecule has 1 aliphatic rings. The van der Waals surface area contributed by atoms with Crippen molar-refractivity contribution in [2.45, 2.75) is 65.5 Å². The van der Waals surface area contributed by atoms with E-state index in [1.54, 1.807) is 0 Å². The van der Waals surface area contributed by atoms with Crippen LogP contribution in [0.15, 0.2) is 12.1 Å². The van der Waals surface area contributed by atoms with Gasteiger partial charge in [-0.2, -0.15) is 0 Å². The molecule has 1 heterocycles. The molecule has 0 bridgehead atoms. The first-order chi connectivity index (χ1) is 8.54. The van der Waals surface area contributed by atoms with Crippen molar-refractivity contribution in [2.24, 2.45) is 11.8 Å². The van der Waals surface area contributed by atoms with Crippen LogP contribution in [0.5, 0.6) is 0 Å². The average Bonchev–Trinajstić information content (AvgIpc) is 2.68. The Hall–Kier alpha value is -0.340. The van der Waals surface area contributed by atoms with Crippen LogP contribution >= 0.6 is 11.3 Å². The second-order valence-corrected chi connectivity index (χ2v) is 7.66. The molecule has 1 fully saturated rings. The Balaban J connectivity index is 1.82. The third kappa shape index (κ3) is 3.83. The van der Waals surface area contributed by atoms with E-state index in [2.05, 4.69) is 45.1 Å². The van der Waals surface area contributed by atoms with Gasteiger partial charge >= 0.3 is 0 Å². The summed E-state index contributed by atoms with van der Waals surface area (Å²) in [5.74, 6) is 1.76. The van der Waals surface area contributed by atoms with Crippen molar-refractivity contribution >= 4 is 11.3 Å². The molecule has 0 amide bonds. The van der Waals surface area contributed by atoms with E-state index in [9.17, 15) is 0 Å². The molecule has 4 atom stereocenters. The highest BCUT2D eigenvalue weighted by molar-refractivity contribution is 7.11. The zero-order chi connectivity index (χ0) is 13.1. The van der Waals surface area contributed by atoms with E-state index in [0.29, 0.717) is 6.04 Å². The minimum Gasteiger partial charge on any atom is -0.311 e. The summed E-state index contributed by atoms with van der Waals surface area (Å²) in [6, 6.07) is 5.85. The number of rotatable bonds is 4. The number of hydrogen-bond acceptors (Lipinski definition) is 2. The zero-order valence-corrected chi connectivity index (χ0v) is 13.0. The van der Waals surface area contributed by atoms with Gasteiger partial charge in [0.2, 0.25) is 0 Å². The summed E-state index contributed by atoms with van der Waals surface area (Å²) in [5.41, 5.74) is 0. The fraction of sp³-hybridized carbons (Fsp3) is 0.750. The standard InChI is InChI=1S/C16H27NS/c1-11-5-8-16(12(2)9-11)17-13(3)10-15-7-6-14(4)18-15/h6-7,11-13,16-17H,5,8-10H2,1-4H3. The maximum absolute atomic E-state index is 3.85. The summed E-state index contributed by atoms with van der Waals surface area (Å²) in [5, 5.41) is 3.85. The van der Waals surface area contributed by atoms with Crippen LogP contribution in [0, 0.1) is 18.8 Å². The van der Waals surface area contributed by atoms with Crippen molar-refractivity contribution in [2.75, 3.05) is 0 Å². The lowest BCUT2D eigenvalue weighted by molar-refractivity contribution is 0.216. The number of hydrogen-bond donors (Lipinski definition) is 1. The van der Waals surface area contributed by atoms with Crippen molar-refractivity contribution < 1.29 is 0 Å². The predicted molar refractivity (Wildman–Crippen MR) is 81.3 cm³/mol. The van der Waals surface area contributed by atoms with E-state index in [-0.39, 0.29) is 0 Å². The fourth-order valence-corrected chi connectivity index (χ4v) is 4.25. The summed E-state index contributed by atoms with van der Waals surface area (Å²) in [7, 11) is 0. The Bertz CT molecular complexity index is 371. The quantitative estimate of drug-likeness (QED) is 0.850. The second-order valence-electron chi connectivity index (χ2n) is 6.29. The van der Waals surface area contributed by atoms with Gasteiger partial charge in [-0.15, -0.1) is 11.3 Å². The topological polar surface area (TPSA) is 12.0 Å². The van der Waals surface area contributed by atoms with Crippen molar-refractivity contribution in [3.05, 3.63) is 21.9 Å². The first-order valence-corrected chi connectivity index (χ1v) is 8.17. The van der Waals surface area contributed by atoms with E-state index in [4.69, 9.17) is 0 Å². The van der Waals surface area contributed by atoms with Gasteiger partial charge in [-0.3, -0.25) is 0 Å². The molecule has 1 saturated carbocycles. The van der Waals surface area contributed by atoms with Gasteiger partial charge in [0.25, 0.3) is 0 Å². The normalized spacial score (nSPS) is 30.3. The van der Waals surface area contributed by atoms with Crippen LogP contribution < -0.4 is 5.32 Å². The summed E-state index contributed by atoms with van der Waals surface area (Å²) in [4.78, 5) is 2.95. The molecule has 1 nitrogen and oxygen atoms in total. The molecule has 2 heteroatoms. The molecule has 0 spiro atoms. The molecule has 0 saturated heterocycles. The molecular weight excluding hydrogens is 238 g/mol. The van der Waals surface area contributed by atoms with E-state index >= 15 is 0 Å². The third-order valence-corrected chi connectivity index (χ3v) is 5.26. The molecule has 1 N–H and O–H groups in total. The molecule has 0 aliphatic heterocycles. The van der Waals surface area contributed by atoms with Crippen molar-refractivity contribution in [1.82, 2.24) is 5.32 Å². The fourth-order valence-electron chi connectivity index (χ4n) is 3.23. The Morgan fingerprint density at radius 3 is 2.72 bits per heavy atom. The van der Waals surface area contributed by atoms with Crippen LogP contribution in [-0.4, -0.2) is 12.1 Å². The second kappa shape index (κ2) is 6.21. The molecule has 1 aromatic rings. The smallest absolute Gasteiger partial charge is 0.00955 e. The lowest BCUT2D eigenvalue weighted by Crippen LogP contribution is -2.44. The molecule has 18 heavy (non-hydrogen) atoms. The maximum atomic E-state index is 3.85. The highest BCUT2D eigenvalue weighted by Gasteiger charge is 2.26. The molecule has 4 unspecified atom stereocenters. The molecule has 2 rings (SSSR count). The SMILES string of the molecule is Cc1ccc(CC(C)NC2CCC(C)CC2C)s1. The van der Waals surface area contributed by atoms with Crippen LogP contribution in [0.2, 0.25) is 0 Å². The lowest BCUT2D eigenvalue weighted by atomic mass is 9.79. The zero-order valence-electron chi connectivity index (χ0n) is 12.2. The minimum absolute atomic E-state index is 0.601. The monoisotopic (exact) mass is 265 g/mol.